The van der Waals surface area contributed by atoms with Crippen LogP contribution in [-0.4, -0.2) is 17.6 Å². The van der Waals surface area contributed by atoms with Crippen molar-refractivity contribution in [2.45, 2.75) is 6.92 Å². The molecule has 0 spiro atoms. The Bertz CT molecular complexity index is 1130. The fourth-order valence-corrected chi connectivity index (χ4v) is 4.21. The second kappa shape index (κ2) is 7.30. The molecule has 2 N–H and O–H groups in total. The van der Waals surface area contributed by atoms with Crippen molar-refractivity contribution in [3.8, 4) is 6.07 Å². The largest absolute Gasteiger partial charge is 0.287 e. The Hall–Kier alpha value is -3.83. The first-order valence-electron chi connectivity index (χ1n) is 8.70. The first-order valence-corrected chi connectivity index (χ1v) is 9.52. The summed E-state index contributed by atoms with van der Waals surface area (Å²) in [6, 6.07) is 19.8. The zero-order chi connectivity index (χ0) is 20.5. The van der Waals surface area contributed by atoms with Gasteiger partial charge in [-0.05, 0) is 31.2 Å². The van der Waals surface area contributed by atoms with E-state index in [2.05, 4.69) is 5.43 Å². The first kappa shape index (κ1) is 18.5. The molecule has 2 aliphatic heterocycles. The summed E-state index contributed by atoms with van der Waals surface area (Å²) in [6.45, 7) is 1.70. The third-order valence-corrected chi connectivity index (χ3v) is 5.57. The van der Waals surface area contributed by atoms with Gasteiger partial charge in [0.1, 0.15) is 28.1 Å². The summed E-state index contributed by atoms with van der Waals surface area (Å²) in [6.07, 6.45) is 0. The van der Waals surface area contributed by atoms with Gasteiger partial charge in [0, 0.05) is 10.6 Å². The normalized spacial score (nSPS) is 19.5. The predicted octanol–water partition coefficient (Wildman–Crippen LogP) is 3.30. The molecule has 8 heteroatoms. The van der Waals surface area contributed by atoms with E-state index in [9.17, 15) is 14.9 Å². The Balaban J connectivity index is 1.88. The zero-order valence-electron chi connectivity index (χ0n) is 15.3. The number of amidine groups is 1. The van der Waals surface area contributed by atoms with Gasteiger partial charge in [-0.1, -0.05) is 48.2 Å². The number of para-hydroxylation sites is 2. The molecule has 0 radical (unpaired) electrons. The van der Waals surface area contributed by atoms with Gasteiger partial charge in [0.05, 0.1) is 5.69 Å². The van der Waals surface area contributed by atoms with Crippen molar-refractivity contribution in [1.29, 1.82) is 10.7 Å². The fraction of sp³-hybridized carbons (Fsp3) is 0.0476. The molecule has 29 heavy (non-hydrogen) atoms. The Morgan fingerprint density at radius 3 is 2.17 bits per heavy atom. The van der Waals surface area contributed by atoms with E-state index in [0.29, 0.717) is 21.3 Å². The number of hydrogen-bond acceptors (Lipinski definition) is 5. The van der Waals surface area contributed by atoms with Crippen molar-refractivity contribution in [1.82, 2.24) is 5.43 Å². The Labute approximate surface area is 171 Å². The number of nitrogens with zero attached hydrogens (tertiary/aromatic N) is 3. The number of thioether (sulfide) groups is 1. The molecule has 0 aromatic heterocycles. The lowest BCUT2D eigenvalue weighted by Crippen LogP contribution is -2.36. The molecule has 0 unspecified atom stereocenters. The van der Waals surface area contributed by atoms with E-state index in [1.54, 1.807) is 55.5 Å². The number of anilines is 2. The highest BCUT2D eigenvalue weighted by molar-refractivity contribution is 8.07. The average molecular weight is 401 g/mol. The van der Waals surface area contributed by atoms with Crippen LogP contribution in [0.4, 0.5) is 11.4 Å². The predicted molar refractivity (Wildman–Crippen MR) is 112 cm³/mol. The maximum absolute atomic E-state index is 13.2. The molecule has 0 bridgehead atoms. The molecule has 0 aliphatic carbocycles. The summed E-state index contributed by atoms with van der Waals surface area (Å²) in [4.78, 5) is 28.0. The smallest absolute Gasteiger partial charge is 0.285 e. The minimum atomic E-state index is -0.553. The maximum atomic E-state index is 13.2. The number of nitriles is 1. The van der Waals surface area contributed by atoms with Crippen molar-refractivity contribution in [2.75, 3.05) is 9.91 Å². The zero-order valence-corrected chi connectivity index (χ0v) is 16.2. The molecule has 0 atom stereocenters. The highest BCUT2D eigenvalue weighted by Gasteiger charge is 2.41. The van der Waals surface area contributed by atoms with Gasteiger partial charge in [-0.15, -0.1) is 0 Å². The van der Waals surface area contributed by atoms with E-state index in [1.165, 1.54) is 9.91 Å². The highest BCUT2D eigenvalue weighted by Crippen LogP contribution is 2.42. The lowest BCUT2D eigenvalue weighted by molar-refractivity contribution is -0.117. The van der Waals surface area contributed by atoms with Crippen LogP contribution in [0, 0.1) is 16.7 Å². The fourth-order valence-electron chi connectivity index (χ4n) is 3.10. The Kier molecular flexibility index (Phi) is 4.66. The monoisotopic (exact) mass is 401 g/mol. The molecule has 2 amide bonds. The van der Waals surface area contributed by atoms with Crippen LogP contribution >= 0.6 is 11.8 Å². The van der Waals surface area contributed by atoms with Crippen molar-refractivity contribution in [3.05, 3.63) is 81.7 Å². The molecule has 4 rings (SSSR count). The van der Waals surface area contributed by atoms with Crippen LogP contribution in [0.1, 0.15) is 6.92 Å². The van der Waals surface area contributed by atoms with E-state index in [1.807, 2.05) is 18.2 Å². The first-order chi connectivity index (χ1) is 14.0. The Morgan fingerprint density at radius 2 is 1.59 bits per heavy atom. The molecule has 2 heterocycles. The van der Waals surface area contributed by atoms with E-state index < -0.39 is 11.8 Å². The molecule has 1 fully saturated rings. The van der Waals surface area contributed by atoms with Gasteiger partial charge < -0.3 is 0 Å². The number of nitrogens with one attached hydrogen (secondary N) is 2. The molecule has 7 nitrogen and oxygen atoms in total. The summed E-state index contributed by atoms with van der Waals surface area (Å²) in [5.74, 6) is -1.13. The van der Waals surface area contributed by atoms with Crippen LogP contribution in [-0.2, 0) is 9.59 Å². The van der Waals surface area contributed by atoms with E-state index >= 15 is 0 Å². The number of benzene rings is 2. The minimum Gasteiger partial charge on any atom is -0.287 e. The quantitative estimate of drug-likeness (QED) is 0.594. The van der Waals surface area contributed by atoms with Gasteiger partial charge in [-0.3, -0.25) is 25.3 Å². The molecular formula is C21H15N5O2S. The second-order valence-electron chi connectivity index (χ2n) is 6.26. The topological polar surface area (TPSA) is 100 Å². The number of carbonyl (C=O) groups is 2. The molecule has 0 saturated carbocycles. The number of amides is 2. The van der Waals surface area contributed by atoms with Gasteiger partial charge in [-0.2, -0.15) is 5.26 Å². The Morgan fingerprint density at radius 1 is 1.00 bits per heavy atom. The SMILES string of the molecule is CC1=C(C#N)C(=N)N(c2ccccc2)/C(=C2\C(=O)NN(c3ccccc3)C2=O)S1. The summed E-state index contributed by atoms with van der Waals surface area (Å²) in [7, 11) is 0. The van der Waals surface area contributed by atoms with Crippen LogP contribution in [0.5, 0.6) is 0 Å². The van der Waals surface area contributed by atoms with Gasteiger partial charge in [0.25, 0.3) is 11.8 Å². The van der Waals surface area contributed by atoms with Gasteiger partial charge in [-0.25, -0.2) is 5.01 Å². The number of rotatable bonds is 2. The standard InChI is InChI=1S/C21H15N5O2S/c1-13-16(12-22)18(23)25(14-8-4-2-5-9-14)21(29-13)17-19(27)24-26(20(17)28)15-10-6-3-7-11-15/h2-11,23H,1H3,(H,24,27)/b21-17-,23-18?. The number of allylic oxidation sites excluding steroid dienone is 1. The molecule has 142 valence electrons. The second-order valence-corrected chi connectivity index (χ2v) is 7.47. The summed E-state index contributed by atoms with van der Waals surface area (Å²) in [5, 5.41) is 19.5. The van der Waals surface area contributed by atoms with E-state index in [4.69, 9.17) is 5.41 Å². The molecule has 2 aliphatic rings. The van der Waals surface area contributed by atoms with E-state index in [-0.39, 0.29) is 17.0 Å². The number of hydrazine groups is 1. The number of carbonyl (C=O) groups excluding carboxylic acids is 2. The lowest BCUT2D eigenvalue weighted by Gasteiger charge is -2.32. The molecule has 2 aromatic carbocycles. The molecule has 1 saturated heterocycles. The lowest BCUT2D eigenvalue weighted by atomic mass is 10.1. The summed E-state index contributed by atoms with van der Waals surface area (Å²) >= 11 is 1.14. The minimum absolute atomic E-state index is 0.0659. The van der Waals surface area contributed by atoms with Crippen molar-refractivity contribution >= 4 is 40.8 Å². The van der Waals surface area contributed by atoms with Crippen molar-refractivity contribution < 1.29 is 9.59 Å². The molecular weight excluding hydrogens is 386 g/mol. The van der Waals surface area contributed by atoms with Gasteiger partial charge in [0.2, 0.25) is 0 Å². The highest BCUT2D eigenvalue weighted by atomic mass is 32.2. The summed E-state index contributed by atoms with van der Waals surface area (Å²) in [5.41, 5.74) is 3.85. The van der Waals surface area contributed by atoms with Gasteiger partial charge >= 0.3 is 0 Å². The molecule has 2 aromatic rings. The third kappa shape index (κ3) is 3.07. The average Bonchev–Trinajstić information content (AvgIpc) is 3.03. The van der Waals surface area contributed by atoms with Crippen LogP contribution in [0.3, 0.4) is 0 Å². The van der Waals surface area contributed by atoms with Crippen molar-refractivity contribution in [2.24, 2.45) is 0 Å². The number of hydrogen-bond donors (Lipinski definition) is 2. The summed E-state index contributed by atoms with van der Waals surface area (Å²) < 4.78 is 0. The van der Waals surface area contributed by atoms with Crippen LogP contribution in [0.15, 0.2) is 81.7 Å². The maximum Gasteiger partial charge on any atom is 0.285 e. The van der Waals surface area contributed by atoms with Crippen LogP contribution in [0.25, 0.3) is 0 Å². The van der Waals surface area contributed by atoms with Crippen LogP contribution < -0.4 is 15.3 Å². The van der Waals surface area contributed by atoms with E-state index in [0.717, 1.165) is 11.8 Å². The van der Waals surface area contributed by atoms with Crippen LogP contribution in [0.2, 0.25) is 0 Å². The van der Waals surface area contributed by atoms with Gasteiger partial charge in [0.15, 0.2) is 0 Å². The van der Waals surface area contributed by atoms with Crippen molar-refractivity contribution in [3.63, 3.8) is 0 Å². The third-order valence-electron chi connectivity index (χ3n) is 4.48.